The average Bonchev–Trinajstić information content (AvgIpc) is 2.81. The number of phenols is 2. The van der Waals surface area contributed by atoms with Gasteiger partial charge in [-0.05, 0) is 46.3 Å². The molecule has 0 bridgehead atoms. The first-order valence-electron chi connectivity index (χ1n) is 11.8. The quantitative estimate of drug-likeness (QED) is 0.443. The molecular weight excluding hydrogens is 464 g/mol. The number of fused-ring (bicyclic) bond motifs is 1. The highest BCUT2D eigenvalue weighted by Gasteiger charge is 2.35. The largest absolute Gasteiger partial charge is 0.507 e. The van der Waals surface area contributed by atoms with E-state index in [4.69, 9.17) is 18.9 Å². The number of hydrogen-bond acceptors (Lipinski definition) is 8. The molecule has 1 aliphatic rings. The van der Waals surface area contributed by atoms with Gasteiger partial charge in [0.15, 0.2) is 11.6 Å². The zero-order valence-electron chi connectivity index (χ0n) is 22.1. The Morgan fingerprint density at radius 2 is 1.56 bits per heavy atom. The summed E-state index contributed by atoms with van der Waals surface area (Å²) in [6.07, 6.45) is 4.47. The van der Waals surface area contributed by atoms with Gasteiger partial charge < -0.3 is 29.2 Å². The van der Waals surface area contributed by atoms with Crippen molar-refractivity contribution in [3.8, 4) is 34.5 Å². The molecule has 3 rings (SSSR count). The number of phenolic OH excluding ortho intramolecular Hbond substituents is 2. The van der Waals surface area contributed by atoms with Crippen LogP contribution in [0.15, 0.2) is 6.08 Å². The Hall–Kier alpha value is -3.68. The molecule has 0 unspecified atom stereocenters. The summed E-state index contributed by atoms with van der Waals surface area (Å²) in [6.45, 7) is 8.55. The molecule has 1 aliphatic heterocycles. The number of ketones is 2. The van der Waals surface area contributed by atoms with Gasteiger partial charge in [-0.15, -0.1) is 0 Å². The number of carbonyl (C=O) groups is 2. The summed E-state index contributed by atoms with van der Waals surface area (Å²) in [5.74, 6) is -0.153. The van der Waals surface area contributed by atoms with E-state index in [1.165, 1.54) is 28.3 Å². The highest BCUT2D eigenvalue weighted by Crippen LogP contribution is 2.51. The van der Waals surface area contributed by atoms with Crippen LogP contribution in [0, 0.1) is 6.92 Å². The maximum absolute atomic E-state index is 13.2. The zero-order valence-corrected chi connectivity index (χ0v) is 22.1. The van der Waals surface area contributed by atoms with Crippen LogP contribution in [0.4, 0.5) is 0 Å². The predicted molar refractivity (Wildman–Crippen MR) is 136 cm³/mol. The molecule has 0 fully saturated rings. The van der Waals surface area contributed by atoms with Crippen molar-refractivity contribution in [2.75, 3.05) is 21.3 Å². The minimum atomic E-state index is -0.690. The van der Waals surface area contributed by atoms with E-state index in [0.29, 0.717) is 40.2 Å². The third-order valence-corrected chi connectivity index (χ3v) is 6.31. The SMILES string of the molecule is CCCC(=O)c1c(O)c(Cc2c(OC)c(C)c(O)c(C(C)=O)c2OC)c(OC)c2c1OC(C)(C)C=C2. The lowest BCUT2D eigenvalue weighted by Gasteiger charge is -2.31. The summed E-state index contributed by atoms with van der Waals surface area (Å²) < 4.78 is 23.1. The van der Waals surface area contributed by atoms with Crippen LogP contribution in [0.2, 0.25) is 0 Å². The lowest BCUT2D eigenvalue weighted by atomic mass is 9.88. The third kappa shape index (κ3) is 4.47. The maximum atomic E-state index is 13.2. The molecule has 194 valence electrons. The Balaban J connectivity index is 2.41. The highest BCUT2D eigenvalue weighted by atomic mass is 16.5. The van der Waals surface area contributed by atoms with Crippen LogP contribution in [-0.4, -0.2) is 48.7 Å². The molecule has 0 aliphatic carbocycles. The van der Waals surface area contributed by atoms with Crippen molar-refractivity contribution in [1.82, 2.24) is 0 Å². The van der Waals surface area contributed by atoms with Crippen molar-refractivity contribution in [3.63, 3.8) is 0 Å². The smallest absolute Gasteiger partial charge is 0.170 e. The van der Waals surface area contributed by atoms with Gasteiger partial charge in [0, 0.05) is 29.5 Å². The molecule has 2 aromatic carbocycles. The van der Waals surface area contributed by atoms with Crippen molar-refractivity contribution in [1.29, 1.82) is 0 Å². The number of carbonyl (C=O) groups excluding carboxylic acids is 2. The molecule has 2 aromatic rings. The van der Waals surface area contributed by atoms with Gasteiger partial charge in [0.2, 0.25) is 0 Å². The van der Waals surface area contributed by atoms with E-state index in [1.807, 2.05) is 32.9 Å². The molecule has 0 radical (unpaired) electrons. The van der Waals surface area contributed by atoms with Gasteiger partial charge in [0.1, 0.15) is 51.2 Å². The number of aromatic hydroxyl groups is 2. The number of ether oxygens (including phenoxy) is 4. The van der Waals surface area contributed by atoms with E-state index in [1.54, 1.807) is 6.92 Å². The first kappa shape index (κ1) is 26.9. The summed E-state index contributed by atoms with van der Waals surface area (Å²) in [6, 6.07) is 0. The van der Waals surface area contributed by atoms with E-state index in [2.05, 4.69) is 0 Å². The number of hydrogen-bond donors (Lipinski definition) is 2. The summed E-state index contributed by atoms with van der Waals surface area (Å²) >= 11 is 0. The Kier molecular flexibility index (Phi) is 7.57. The van der Waals surface area contributed by atoms with E-state index >= 15 is 0 Å². The second kappa shape index (κ2) is 10.1. The van der Waals surface area contributed by atoms with Gasteiger partial charge in [-0.2, -0.15) is 0 Å². The van der Waals surface area contributed by atoms with Crippen LogP contribution < -0.4 is 18.9 Å². The van der Waals surface area contributed by atoms with Gasteiger partial charge in [-0.25, -0.2) is 0 Å². The minimum absolute atomic E-state index is 0.00878. The van der Waals surface area contributed by atoms with Crippen LogP contribution in [0.3, 0.4) is 0 Å². The monoisotopic (exact) mass is 498 g/mol. The van der Waals surface area contributed by atoms with E-state index in [9.17, 15) is 19.8 Å². The van der Waals surface area contributed by atoms with Crippen LogP contribution in [0.25, 0.3) is 6.08 Å². The fraction of sp³-hybridized carbons (Fsp3) is 0.429. The van der Waals surface area contributed by atoms with Gasteiger partial charge >= 0.3 is 0 Å². The topological polar surface area (TPSA) is 112 Å². The molecule has 0 saturated carbocycles. The van der Waals surface area contributed by atoms with Crippen LogP contribution in [-0.2, 0) is 6.42 Å². The van der Waals surface area contributed by atoms with Crippen LogP contribution in [0.5, 0.6) is 34.5 Å². The lowest BCUT2D eigenvalue weighted by molar-refractivity contribution is 0.0962. The fourth-order valence-corrected chi connectivity index (χ4v) is 4.66. The van der Waals surface area contributed by atoms with E-state index in [-0.39, 0.29) is 52.7 Å². The van der Waals surface area contributed by atoms with Crippen molar-refractivity contribution in [2.24, 2.45) is 0 Å². The number of methoxy groups -OCH3 is 3. The fourth-order valence-electron chi connectivity index (χ4n) is 4.66. The molecule has 0 saturated heterocycles. The molecule has 1 heterocycles. The lowest BCUT2D eigenvalue weighted by Crippen LogP contribution is -2.29. The molecule has 0 spiro atoms. The maximum Gasteiger partial charge on any atom is 0.170 e. The van der Waals surface area contributed by atoms with E-state index in [0.717, 1.165) is 0 Å². The van der Waals surface area contributed by atoms with Crippen molar-refractivity contribution in [3.05, 3.63) is 39.5 Å². The Morgan fingerprint density at radius 3 is 2.08 bits per heavy atom. The van der Waals surface area contributed by atoms with Gasteiger partial charge in [0.05, 0.1) is 26.9 Å². The average molecular weight is 499 g/mol. The molecule has 0 amide bonds. The number of rotatable bonds is 9. The van der Waals surface area contributed by atoms with Crippen LogP contribution in [0.1, 0.15) is 83.5 Å². The summed E-state index contributed by atoms with van der Waals surface area (Å²) in [4.78, 5) is 25.6. The molecule has 36 heavy (non-hydrogen) atoms. The molecule has 8 nitrogen and oxygen atoms in total. The second-order valence-corrected chi connectivity index (χ2v) is 9.32. The van der Waals surface area contributed by atoms with Gasteiger partial charge in [-0.1, -0.05) is 6.92 Å². The summed E-state index contributed by atoms with van der Waals surface area (Å²) in [5, 5.41) is 22.2. The normalized spacial score (nSPS) is 13.6. The zero-order chi connectivity index (χ0) is 26.9. The van der Waals surface area contributed by atoms with Crippen LogP contribution >= 0.6 is 0 Å². The van der Waals surface area contributed by atoms with E-state index < -0.39 is 11.4 Å². The van der Waals surface area contributed by atoms with Crippen molar-refractivity contribution < 1.29 is 38.7 Å². The number of Topliss-reactive ketones (excluding diaryl/α,β-unsaturated/α-hetero) is 2. The highest BCUT2D eigenvalue weighted by molar-refractivity contribution is 6.04. The molecule has 8 heteroatoms. The molecule has 2 N–H and O–H groups in total. The summed E-state index contributed by atoms with van der Waals surface area (Å²) in [5.41, 5.74) is 1.01. The summed E-state index contributed by atoms with van der Waals surface area (Å²) in [7, 11) is 4.30. The third-order valence-electron chi connectivity index (χ3n) is 6.31. The molecule has 0 atom stereocenters. The standard InChI is InChI=1S/C28H34O8/c1-9-10-19(30)21-23(32)17(25(34-7)16-11-12-28(4,5)36-27(16)21)13-18-24(33-6)14(2)22(31)20(15(3)29)26(18)35-8/h11-12,31-32H,9-10,13H2,1-8H3. The van der Waals surface area contributed by atoms with Crippen molar-refractivity contribution >= 4 is 17.6 Å². The predicted octanol–water partition coefficient (Wildman–Crippen LogP) is 5.39. The Bertz CT molecular complexity index is 1250. The molecular formula is C28H34O8. The second-order valence-electron chi connectivity index (χ2n) is 9.32. The Morgan fingerprint density at radius 1 is 0.944 bits per heavy atom. The van der Waals surface area contributed by atoms with Gasteiger partial charge in [0.25, 0.3) is 0 Å². The molecule has 0 aromatic heterocycles. The Labute approximate surface area is 211 Å². The van der Waals surface area contributed by atoms with Crippen molar-refractivity contribution in [2.45, 2.75) is 59.5 Å². The first-order valence-corrected chi connectivity index (χ1v) is 11.8. The number of benzene rings is 2. The first-order chi connectivity index (χ1) is 16.9. The van der Waals surface area contributed by atoms with Gasteiger partial charge in [-0.3, -0.25) is 9.59 Å². The minimum Gasteiger partial charge on any atom is -0.507 e.